The molecule has 1 aliphatic rings. The molecular formula is C80H124Br4O8. The Morgan fingerprint density at radius 1 is 0.207 bits per heavy atom. The van der Waals surface area contributed by atoms with E-state index in [1.165, 1.54) is 180 Å². The van der Waals surface area contributed by atoms with Gasteiger partial charge in [0.2, 0.25) is 0 Å². The van der Waals surface area contributed by atoms with Crippen LogP contribution in [0.25, 0.3) is 0 Å². The fourth-order valence-electron chi connectivity index (χ4n) is 14.9. The first-order chi connectivity index (χ1) is 45.0. The van der Waals surface area contributed by atoms with Gasteiger partial charge in [0.15, 0.2) is 0 Å². The molecule has 0 atom stereocenters. The third-order valence-electron chi connectivity index (χ3n) is 20.0. The number of unbranched alkanes of at least 4 members (excludes halogenated alkanes) is 32. The highest BCUT2D eigenvalue weighted by Gasteiger charge is 2.38. The van der Waals surface area contributed by atoms with E-state index < -0.39 is 0 Å². The highest BCUT2D eigenvalue weighted by Crippen LogP contribution is 2.59. The van der Waals surface area contributed by atoms with Crippen LogP contribution in [0.3, 0.4) is 0 Å². The largest absolute Gasteiger partial charge is 0.495 e. The lowest BCUT2D eigenvalue weighted by atomic mass is 9.76. The topological polar surface area (TPSA) is 73.8 Å². The number of fused-ring (bicyclic) bond motifs is 8. The Balaban J connectivity index is 1.95. The van der Waals surface area contributed by atoms with Gasteiger partial charge in [0.1, 0.15) is 63.9 Å². The van der Waals surface area contributed by atoms with Crippen molar-refractivity contribution in [3.05, 3.63) is 86.7 Å². The molecule has 520 valence electrons. The summed E-state index contributed by atoms with van der Waals surface area (Å²) in [6, 6.07) is 9.80. The van der Waals surface area contributed by atoms with Crippen LogP contribution >= 0.6 is 63.7 Å². The molecule has 0 saturated carbocycles. The molecule has 0 aromatic heterocycles. The van der Waals surface area contributed by atoms with Crippen molar-refractivity contribution in [2.24, 2.45) is 0 Å². The second kappa shape index (κ2) is 45.7. The van der Waals surface area contributed by atoms with Gasteiger partial charge in [-0.05, 0) is 114 Å². The lowest BCUT2D eigenvalue weighted by Crippen LogP contribution is -2.16. The van der Waals surface area contributed by atoms with Crippen LogP contribution < -0.4 is 37.9 Å². The minimum atomic E-state index is -0.165. The number of rotatable bonds is 48. The fourth-order valence-corrected chi connectivity index (χ4v) is 18.0. The van der Waals surface area contributed by atoms with Crippen molar-refractivity contribution >= 4 is 63.7 Å². The maximum absolute atomic E-state index is 6.72. The van der Waals surface area contributed by atoms with Crippen LogP contribution in [0.1, 0.15) is 353 Å². The van der Waals surface area contributed by atoms with Gasteiger partial charge in [0.05, 0.1) is 56.9 Å². The quantitative estimate of drug-likeness (QED) is 0.0405. The second-order valence-electron chi connectivity index (χ2n) is 26.4. The van der Waals surface area contributed by atoms with Crippen LogP contribution in [-0.2, 0) is 0 Å². The first kappa shape index (κ1) is 79.9. The Kier molecular flexibility index (Phi) is 39.6. The minimum absolute atomic E-state index is 0.165. The Labute approximate surface area is 594 Å². The number of ether oxygens (including phenoxy) is 8. The number of methoxy groups -OCH3 is 8. The van der Waals surface area contributed by atoms with Crippen molar-refractivity contribution in [3.63, 3.8) is 0 Å². The van der Waals surface area contributed by atoms with Gasteiger partial charge in [-0.3, -0.25) is 0 Å². The van der Waals surface area contributed by atoms with Crippen LogP contribution in [-0.4, -0.2) is 56.9 Å². The van der Waals surface area contributed by atoms with Gasteiger partial charge in [-0.25, -0.2) is 0 Å². The van der Waals surface area contributed by atoms with Gasteiger partial charge >= 0.3 is 0 Å². The Morgan fingerprint density at radius 3 is 0.446 bits per heavy atom. The highest BCUT2D eigenvalue weighted by molar-refractivity contribution is 9.11. The number of hydrogen-bond acceptors (Lipinski definition) is 8. The second-order valence-corrected chi connectivity index (χ2v) is 29.6. The average molecular weight is 1530 g/mol. The smallest absolute Gasteiger partial charge is 0.140 e. The predicted octanol–water partition coefficient (Wildman–Crippen LogP) is 27.3. The van der Waals surface area contributed by atoms with Gasteiger partial charge < -0.3 is 37.9 Å². The Morgan fingerprint density at radius 2 is 0.326 bits per heavy atom. The maximum Gasteiger partial charge on any atom is 0.140 e. The zero-order valence-electron chi connectivity index (χ0n) is 59.7. The summed E-state index contributed by atoms with van der Waals surface area (Å²) in [6.07, 6.45) is 47.9. The molecule has 0 heterocycles. The summed E-state index contributed by atoms with van der Waals surface area (Å²) in [6.45, 7) is 9.19. The summed E-state index contributed by atoms with van der Waals surface area (Å²) in [5, 5.41) is 0. The Bertz CT molecular complexity index is 2240. The van der Waals surface area contributed by atoms with Crippen molar-refractivity contribution in [1.29, 1.82) is 0 Å². The molecule has 0 N–H and O–H groups in total. The van der Waals surface area contributed by atoms with Crippen LogP contribution in [0, 0.1) is 0 Å². The van der Waals surface area contributed by atoms with Crippen molar-refractivity contribution < 1.29 is 37.9 Å². The number of benzene rings is 4. The van der Waals surface area contributed by atoms with Crippen molar-refractivity contribution in [2.75, 3.05) is 56.9 Å². The first-order valence-corrected chi connectivity index (χ1v) is 39.9. The lowest BCUT2D eigenvalue weighted by Gasteiger charge is -2.33. The van der Waals surface area contributed by atoms with Gasteiger partial charge in [0, 0.05) is 68.2 Å². The van der Waals surface area contributed by atoms with E-state index in [9.17, 15) is 0 Å². The van der Waals surface area contributed by atoms with Crippen molar-refractivity contribution in [2.45, 2.75) is 308 Å². The van der Waals surface area contributed by atoms with E-state index in [4.69, 9.17) is 37.9 Å². The average Bonchev–Trinajstić information content (AvgIpc) is 0.754. The molecule has 1 aliphatic carbocycles. The number of halogens is 4. The molecule has 4 aromatic carbocycles. The van der Waals surface area contributed by atoms with E-state index >= 15 is 0 Å². The fraction of sp³-hybridized carbons (Fsp3) is 0.700. The molecule has 0 aliphatic heterocycles. The SMILES string of the molecule is CCCCCCCCCCCC1c2cc(c(OC)c(Br)c2OC)C(CCCCCCCCCCC)c2cc(c(OC)c(Br)c2OC)C(CCCCCCCCCCC)c2cc(c(OC)c(Br)c2OC)C(CCCCCCCCCCC)c2cc1c(OC)c(Br)c2OC. The van der Waals surface area contributed by atoms with Crippen LogP contribution in [0.15, 0.2) is 42.2 Å². The summed E-state index contributed by atoms with van der Waals surface area (Å²) in [4.78, 5) is 0. The molecule has 0 fully saturated rings. The van der Waals surface area contributed by atoms with Crippen molar-refractivity contribution in [3.8, 4) is 46.0 Å². The van der Waals surface area contributed by atoms with Gasteiger partial charge in [0.25, 0.3) is 0 Å². The van der Waals surface area contributed by atoms with Crippen LogP contribution in [0.4, 0.5) is 0 Å². The highest BCUT2D eigenvalue weighted by atomic mass is 79.9. The third-order valence-corrected chi connectivity index (χ3v) is 22.8. The van der Waals surface area contributed by atoms with E-state index in [1.807, 2.05) is 56.9 Å². The molecule has 0 spiro atoms. The monoisotopic (exact) mass is 1530 g/mol. The van der Waals surface area contributed by atoms with E-state index in [0.29, 0.717) is 0 Å². The standard InChI is InChI=1S/C80H124Br4O8/c1-13-17-21-25-29-33-37-41-45-49-57-61-53-63(75(87-7)69(81)73(61)85-5)58(50-46-42-38-34-30-26-22-18-14-2)65-55-67(79(91-11)71(83)77(65)89-9)60(52-48-44-40-36-32-28-24-20-16-4)68-56-66(78(90-10)72(84)80(68)92-12)59(51-47-43-39-35-31-27-23-19-15-3)64-54-62(57)74(86-6)70(82)76(64)88-8/h53-60H,13-52H2,1-12H3. The maximum atomic E-state index is 6.72. The van der Waals surface area contributed by atoms with Gasteiger partial charge in [-0.2, -0.15) is 0 Å². The molecule has 92 heavy (non-hydrogen) atoms. The zero-order chi connectivity index (χ0) is 66.6. The predicted molar refractivity (Wildman–Crippen MR) is 404 cm³/mol. The summed E-state index contributed by atoms with van der Waals surface area (Å²) < 4.78 is 57.0. The lowest BCUT2D eigenvalue weighted by molar-refractivity contribution is 0.366. The van der Waals surface area contributed by atoms with Gasteiger partial charge in [-0.15, -0.1) is 0 Å². The molecule has 0 unspecified atom stereocenters. The zero-order valence-corrected chi connectivity index (χ0v) is 66.0. The number of hydrogen-bond donors (Lipinski definition) is 0. The normalized spacial score (nSPS) is 15.4. The molecule has 0 saturated heterocycles. The molecular weight excluding hydrogens is 1410 g/mol. The Hall–Kier alpha value is -2.80. The molecule has 0 radical (unpaired) electrons. The third kappa shape index (κ3) is 22.6. The summed E-state index contributed by atoms with van der Waals surface area (Å²) in [7, 11) is 14.5. The van der Waals surface area contributed by atoms with E-state index in [-0.39, 0.29) is 23.7 Å². The minimum Gasteiger partial charge on any atom is -0.495 e. The first-order valence-electron chi connectivity index (χ1n) is 36.7. The molecule has 12 heteroatoms. The summed E-state index contributed by atoms with van der Waals surface area (Å²) >= 11 is 17.0. The van der Waals surface area contributed by atoms with E-state index in [2.05, 4.69) is 116 Å². The molecule has 8 bridgehead atoms. The molecule has 0 amide bonds. The molecule has 5 rings (SSSR count). The van der Waals surface area contributed by atoms with E-state index in [0.717, 1.165) is 185 Å². The summed E-state index contributed by atoms with van der Waals surface area (Å²) in [5.74, 6) is 5.50. The van der Waals surface area contributed by atoms with Gasteiger partial charge in [-0.1, -0.05) is 259 Å². The van der Waals surface area contributed by atoms with Crippen LogP contribution in [0.2, 0.25) is 0 Å². The molecule has 8 nitrogen and oxygen atoms in total. The summed E-state index contributed by atoms with van der Waals surface area (Å²) in [5.41, 5.74) is 8.76. The van der Waals surface area contributed by atoms with E-state index in [1.54, 1.807) is 0 Å². The van der Waals surface area contributed by atoms with Crippen LogP contribution in [0.5, 0.6) is 46.0 Å². The molecule has 4 aromatic rings. The van der Waals surface area contributed by atoms with Crippen molar-refractivity contribution in [1.82, 2.24) is 0 Å².